The van der Waals surface area contributed by atoms with Crippen molar-refractivity contribution in [3.8, 4) is 11.1 Å². The molecule has 3 rings (SSSR count). The van der Waals surface area contributed by atoms with Gasteiger partial charge in [0.25, 0.3) is 0 Å². The number of benzene rings is 1. The van der Waals surface area contributed by atoms with E-state index in [1.807, 2.05) is 6.07 Å². The first-order chi connectivity index (χ1) is 14.5. The van der Waals surface area contributed by atoms with Crippen LogP contribution in [0.5, 0.6) is 0 Å². The number of likely N-dealkylation sites (tertiary alicyclic amines) is 1. The molecule has 1 aliphatic heterocycles. The molecule has 0 saturated carbocycles. The van der Waals surface area contributed by atoms with Gasteiger partial charge in [-0.2, -0.15) is 0 Å². The number of piperidine rings is 1. The van der Waals surface area contributed by atoms with Crippen LogP contribution in [0, 0.1) is 5.82 Å². The van der Waals surface area contributed by atoms with Crippen molar-refractivity contribution < 1.29 is 18.7 Å². The van der Waals surface area contributed by atoms with Crippen molar-refractivity contribution in [2.24, 2.45) is 0 Å². The Morgan fingerprint density at radius 2 is 1.84 bits per heavy atom. The summed E-state index contributed by atoms with van der Waals surface area (Å²) >= 11 is 0. The van der Waals surface area contributed by atoms with Crippen LogP contribution in [0.3, 0.4) is 0 Å². The molecule has 168 valence electrons. The van der Waals surface area contributed by atoms with Gasteiger partial charge in [-0.05, 0) is 31.0 Å². The van der Waals surface area contributed by atoms with Crippen molar-refractivity contribution >= 4 is 14.4 Å². The van der Waals surface area contributed by atoms with Crippen LogP contribution in [0.4, 0.5) is 9.18 Å². The Kier molecular flexibility index (Phi) is 6.81. The van der Waals surface area contributed by atoms with Crippen LogP contribution in [0.2, 0.25) is 18.1 Å². The minimum absolute atomic E-state index is 0.0609. The van der Waals surface area contributed by atoms with Gasteiger partial charge >= 0.3 is 6.09 Å². The van der Waals surface area contributed by atoms with E-state index in [4.69, 9.17) is 9.53 Å². The van der Waals surface area contributed by atoms with Crippen LogP contribution in [0.1, 0.15) is 50.9 Å². The number of hydrogen-bond acceptors (Lipinski definition) is 4. The average Bonchev–Trinajstić information content (AvgIpc) is 2.72. The summed E-state index contributed by atoms with van der Waals surface area (Å²) in [6.07, 6.45) is 3.81. The minimum atomic E-state index is -1.98. The highest BCUT2D eigenvalue weighted by Gasteiger charge is 2.37. The van der Waals surface area contributed by atoms with Gasteiger partial charge in [0.05, 0.1) is 6.61 Å². The minimum Gasteiger partial charge on any atom is -0.465 e. The number of rotatable bonds is 5. The SMILES string of the molecule is CC(C)(C)[Si](C)(C)OCc1cccc(-c2cnc(C3CCN(C(=O)O)CC3)nc2)c1F. The van der Waals surface area contributed by atoms with Gasteiger partial charge < -0.3 is 14.4 Å². The molecule has 2 aromatic rings. The van der Waals surface area contributed by atoms with E-state index in [2.05, 4.69) is 43.8 Å². The highest BCUT2D eigenvalue weighted by molar-refractivity contribution is 6.74. The highest BCUT2D eigenvalue weighted by Crippen LogP contribution is 2.37. The molecule has 6 nitrogen and oxygen atoms in total. The third-order valence-electron chi connectivity index (χ3n) is 6.59. The van der Waals surface area contributed by atoms with Gasteiger partial charge in [-0.1, -0.05) is 39.0 Å². The van der Waals surface area contributed by atoms with Gasteiger partial charge in [-0.15, -0.1) is 0 Å². The number of halogens is 1. The number of aromatic nitrogens is 2. The van der Waals surface area contributed by atoms with E-state index < -0.39 is 14.4 Å². The molecule has 1 amide bonds. The third-order valence-corrected chi connectivity index (χ3v) is 11.1. The second kappa shape index (κ2) is 9.04. The number of carbonyl (C=O) groups is 1. The van der Waals surface area contributed by atoms with E-state index in [9.17, 15) is 4.79 Å². The molecule has 1 aliphatic rings. The van der Waals surface area contributed by atoms with Crippen LogP contribution >= 0.6 is 0 Å². The zero-order valence-corrected chi connectivity index (χ0v) is 20.0. The third kappa shape index (κ3) is 5.30. The van der Waals surface area contributed by atoms with Gasteiger partial charge in [0, 0.05) is 48.1 Å². The van der Waals surface area contributed by atoms with Crippen molar-refractivity contribution in [2.75, 3.05) is 13.1 Å². The summed E-state index contributed by atoms with van der Waals surface area (Å²) < 4.78 is 21.4. The Hall–Kier alpha value is -2.32. The zero-order chi connectivity index (χ0) is 22.8. The van der Waals surface area contributed by atoms with Gasteiger partial charge in [0.2, 0.25) is 0 Å². The maximum Gasteiger partial charge on any atom is 0.407 e. The summed E-state index contributed by atoms with van der Waals surface area (Å²) in [5.41, 5.74) is 1.62. The molecule has 0 bridgehead atoms. The molecule has 0 atom stereocenters. The molecule has 1 saturated heterocycles. The summed E-state index contributed by atoms with van der Waals surface area (Å²) in [6, 6.07) is 5.32. The molecule has 0 unspecified atom stereocenters. The fourth-order valence-electron chi connectivity index (χ4n) is 3.41. The van der Waals surface area contributed by atoms with Crippen LogP contribution in [-0.4, -0.2) is 47.5 Å². The van der Waals surface area contributed by atoms with Crippen molar-refractivity contribution in [3.63, 3.8) is 0 Å². The second-order valence-corrected chi connectivity index (χ2v) is 14.5. The summed E-state index contributed by atoms with van der Waals surface area (Å²) in [7, 11) is -1.98. The molecule has 0 radical (unpaired) electrons. The predicted octanol–water partition coefficient (Wildman–Crippen LogP) is 5.66. The Morgan fingerprint density at radius 1 is 1.23 bits per heavy atom. The Labute approximate surface area is 184 Å². The molecule has 0 spiro atoms. The van der Waals surface area contributed by atoms with Crippen molar-refractivity contribution in [2.45, 2.75) is 64.3 Å². The maximum atomic E-state index is 15.2. The normalized spacial score (nSPS) is 15.9. The number of nitrogens with zero attached hydrogens (tertiary/aromatic N) is 3. The summed E-state index contributed by atoms with van der Waals surface area (Å²) in [4.78, 5) is 21.4. The molecule has 2 heterocycles. The van der Waals surface area contributed by atoms with E-state index in [0.717, 1.165) is 0 Å². The summed E-state index contributed by atoms with van der Waals surface area (Å²) in [6.45, 7) is 12.0. The van der Waals surface area contributed by atoms with E-state index in [0.29, 0.717) is 48.4 Å². The topological polar surface area (TPSA) is 75.5 Å². The lowest BCUT2D eigenvalue weighted by atomic mass is 9.96. The summed E-state index contributed by atoms with van der Waals surface area (Å²) in [5.74, 6) is 0.512. The standard InChI is InChI=1S/C23H32FN3O3Si/c1-23(2,3)31(4,5)30-15-17-7-6-8-19(20(17)24)18-13-25-21(26-14-18)16-9-11-27(12-10-16)22(28)29/h6-8,13-14,16H,9-12,15H2,1-5H3,(H,28,29). The van der Waals surface area contributed by atoms with Crippen LogP contribution < -0.4 is 0 Å². The first kappa shape index (κ1) is 23.3. The molecule has 1 N–H and O–H groups in total. The lowest BCUT2D eigenvalue weighted by molar-refractivity contribution is 0.131. The van der Waals surface area contributed by atoms with Crippen molar-refractivity contribution in [1.29, 1.82) is 0 Å². The Balaban J connectivity index is 1.72. The van der Waals surface area contributed by atoms with Crippen molar-refractivity contribution in [1.82, 2.24) is 14.9 Å². The molecule has 1 aromatic carbocycles. The van der Waals surface area contributed by atoms with E-state index in [-0.39, 0.29) is 23.4 Å². The fraction of sp³-hybridized carbons (Fsp3) is 0.522. The number of hydrogen-bond donors (Lipinski definition) is 1. The number of amides is 1. The first-order valence-electron chi connectivity index (χ1n) is 10.7. The van der Waals surface area contributed by atoms with Crippen LogP contribution in [-0.2, 0) is 11.0 Å². The quantitative estimate of drug-likeness (QED) is 0.601. The molecule has 1 fully saturated rings. The molecule has 8 heteroatoms. The van der Waals surface area contributed by atoms with E-state index in [1.165, 1.54) is 4.90 Å². The summed E-state index contributed by atoms with van der Waals surface area (Å²) in [5, 5.41) is 9.14. The average molecular weight is 446 g/mol. The van der Waals surface area contributed by atoms with Gasteiger partial charge in [-0.25, -0.2) is 19.2 Å². The van der Waals surface area contributed by atoms with Gasteiger partial charge in [0.1, 0.15) is 11.6 Å². The predicted molar refractivity (Wildman–Crippen MR) is 121 cm³/mol. The number of carboxylic acid groups (broad SMARTS) is 1. The highest BCUT2D eigenvalue weighted by atomic mass is 28.4. The zero-order valence-electron chi connectivity index (χ0n) is 19.0. The fourth-order valence-corrected chi connectivity index (χ4v) is 4.36. The lowest BCUT2D eigenvalue weighted by Gasteiger charge is -2.36. The van der Waals surface area contributed by atoms with Gasteiger partial charge in [0.15, 0.2) is 8.32 Å². The maximum absolute atomic E-state index is 15.2. The van der Waals surface area contributed by atoms with Crippen LogP contribution in [0.15, 0.2) is 30.6 Å². The van der Waals surface area contributed by atoms with Crippen molar-refractivity contribution in [3.05, 3.63) is 47.8 Å². The largest absolute Gasteiger partial charge is 0.465 e. The smallest absolute Gasteiger partial charge is 0.407 e. The first-order valence-corrected chi connectivity index (χ1v) is 13.6. The van der Waals surface area contributed by atoms with Gasteiger partial charge in [-0.3, -0.25) is 0 Å². The van der Waals surface area contributed by atoms with E-state index in [1.54, 1.807) is 24.5 Å². The molecule has 1 aromatic heterocycles. The molecular formula is C23H32FN3O3Si. The van der Waals surface area contributed by atoms with E-state index >= 15 is 4.39 Å². The monoisotopic (exact) mass is 445 g/mol. The lowest BCUT2D eigenvalue weighted by Crippen LogP contribution is -2.40. The Bertz CT molecular complexity index is 921. The Morgan fingerprint density at radius 3 is 2.39 bits per heavy atom. The second-order valence-electron chi connectivity index (χ2n) is 9.70. The molecular weight excluding hydrogens is 413 g/mol. The van der Waals surface area contributed by atoms with Crippen LogP contribution in [0.25, 0.3) is 11.1 Å². The molecule has 0 aliphatic carbocycles. The molecule has 31 heavy (non-hydrogen) atoms.